The number of ether oxygens (including phenoxy) is 1. The summed E-state index contributed by atoms with van der Waals surface area (Å²) in [6.07, 6.45) is 1.49. The molecular formula is C24H18FN3O4. The molecule has 1 aliphatic rings. The van der Waals surface area contributed by atoms with Crippen molar-refractivity contribution in [3.05, 3.63) is 95.8 Å². The number of rotatable bonds is 6. The number of hydrogen-bond acceptors (Lipinski definition) is 4. The Balaban J connectivity index is 1.37. The van der Waals surface area contributed by atoms with Crippen LogP contribution >= 0.6 is 0 Å². The Labute approximate surface area is 183 Å². The summed E-state index contributed by atoms with van der Waals surface area (Å²) in [5, 5.41) is 3.74. The second-order valence-electron chi connectivity index (χ2n) is 6.89. The molecule has 32 heavy (non-hydrogen) atoms. The van der Waals surface area contributed by atoms with Crippen LogP contribution in [-0.4, -0.2) is 24.3 Å². The molecule has 8 heteroatoms. The SMILES string of the molecule is O=C(COc1ccc(/C=C2/C(=O)NN(c3ccccc3)C2=O)cc1)Nc1cccc(F)c1. The molecule has 1 saturated heterocycles. The first kappa shape index (κ1) is 20.8. The second kappa shape index (κ2) is 9.13. The average molecular weight is 431 g/mol. The Hall–Kier alpha value is -4.46. The molecule has 0 radical (unpaired) electrons. The molecule has 0 bridgehead atoms. The van der Waals surface area contributed by atoms with Gasteiger partial charge >= 0.3 is 0 Å². The molecule has 0 aromatic heterocycles. The average Bonchev–Trinajstić information content (AvgIpc) is 3.07. The third kappa shape index (κ3) is 4.81. The van der Waals surface area contributed by atoms with E-state index in [0.29, 0.717) is 22.7 Å². The number of anilines is 2. The second-order valence-corrected chi connectivity index (χ2v) is 6.89. The van der Waals surface area contributed by atoms with Gasteiger partial charge in [0.05, 0.1) is 5.69 Å². The molecule has 0 aliphatic carbocycles. The molecule has 3 aromatic rings. The summed E-state index contributed by atoms with van der Waals surface area (Å²) in [5.74, 6) is -1.40. The lowest BCUT2D eigenvalue weighted by Crippen LogP contribution is -2.35. The molecule has 3 amide bonds. The zero-order valence-corrected chi connectivity index (χ0v) is 16.7. The summed E-state index contributed by atoms with van der Waals surface area (Å²) < 4.78 is 18.6. The Kier molecular flexibility index (Phi) is 5.94. The lowest BCUT2D eigenvalue weighted by atomic mass is 10.1. The summed E-state index contributed by atoms with van der Waals surface area (Å²) in [6, 6.07) is 20.9. The fourth-order valence-electron chi connectivity index (χ4n) is 3.06. The summed E-state index contributed by atoms with van der Waals surface area (Å²) in [7, 11) is 0. The maximum absolute atomic E-state index is 13.2. The molecule has 7 nitrogen and oxygen atoms in total. The molecule has 0 atom stereocenters. The topological polar surface area (TPSA) is 87.7 Å². The minimum Gasteiger partial charge on any atom is -0.484 e. The lowest BCUT2D eigenvalue weighted by molar-refractivity contribution is -0.118. The van der Waals surface area contributed by atoms with Crippen molar-refractivity contribution in [3.63, 3.8) is 0 Å². The van der Waals surface area contributed by atoms with Crippen molar-refractivity contribution in [2.75, 3.05) is 16.9 Å². The van der Waals surface area contributed by atoms with Gasteiger partial charge in [0, 0.05) is 5.69 Å². The highest BCUT2D eigenvalue weighted by atomic mass is 19.1. The zero-order valence-electron chi connectivity index (χ0n) is 16.7. The minimum atomic E-state index is -0.492. The predicted octanol–water partition coefficient (Wildman–Crippen LogP) is 3.30. The summed E-state index contributed by atoms with van der Waals surface area (Å²) >= 11 is 0. The number of halogens is 1. The number of hydrogen-bond donors (Lipinski definition) is 2. The molecule has 160 valence electrons. The van der Waals surface area contributed by atoms with E-state index in [4.69, 9.17) is 4.74 Å². The quantitative estimate of drug-likeness (QED) is 0.463. The first-order chi connectivity index (χ1) is 15.5. The van der Waals surface area contributed by atoms with Gasteiger partial charge < -0.3 is 10.1 Å². The zero-order chi connectivity index (χ0) is 22.5. The van der Waals surface area contributed by atoms with Crippen molar-refractivity contribution >= 4 is 35.2 Å². The highest BCUT2D eigenvalue weighted by molar-refractivity contribution is 6.31. The number of nitrogens with zero attached hydrogens (tertiary/aromatic N) is 1. The van der Waals surface area contributed by atoms with Crippen LogP contribution in [0.5, 0.6) is 5.75 Å². The number of amides is 3. The standard InChI is InChI=1S/C24H18FN3O4/c25-17-5-4-6-18(14-17)26-22(29)15-32-20-11-9-16(10-12-20)13-21-23(30)27-28(24(21)31)19-7-2-1-3-8-19/h1-14H,15H2,(H,26,29)(H,27,30)/b21-13-. The lowest BCUT2D eigenvalue weighted by Gasteiger charge is -2.13. The smallest absolute Gasteiger partial charge is 0.282 e. The molecule has 0 spiro atoms. The largest absolute Gasteiger partial charge is 0.484 e. The summed E-state index contributed by atoms with van der Waals surface area (Å²) in [6.45, 7) is -0.260. The van der Waals surface area contributed by atoms with Crippen LogP contribution in [0.4, 0.5) is 15.8 Å². The third-order valence-electron chi connectivity index (χ3n) is 4.58. The number of carbonyl (C=O) groups is 3. The van der Waals surface area contributed by atoms with Crippen molar-refractivity contribution in [2.45, 2.75) is 0 Å². The summed E-state index contributed by atoms with van der Waals surface area (Å²) in [4.78, 5) is 36.8. The van der Waals surface area contributed by atoms with E-state index in [-0.39, 0.29) is 12.2 Å². The maximum Gasteiger partial charge on any atom is 0.282 e. The van der Waals surface area contributed by atoms with Crippen LogP contribution in [0.2, 0.25) is 0 Å². The predicted molar refractivity (Wildman–Crippen MR) is 117 cm³/mol. The molecule has 1 fully saturated rings. The van der Waals surface area contributed by atoms with Gasteiger partial charge in [-0.1, -0.05) is 36.4 Å². The van der Waals surface area contributed by atoms with E-state index in [1.54, 1.807) is 54.6 Å². The van der Waals surface area contributed by atoms with Gasteiger partial charge in [-0.25, -0.2) is 9.40 Å². The molecular weight excluding hydrogens is 413 g/mol. The van der Waals surface area contributed by atoms with E-state index in [9.17, 15) is 18.8 Å². The van der Waals surface area contributed by atoms with E-state index in [1.807, 2.05) is 6.07 Å². The van der Waals surface area contributed by atoms with Crippen LogP contribution in [0.1, 0.15) is 5.56 Å². The normalized spacial score (nSPS) is 14.4. The van der Waals surface area contributed by atoms with E-state index in [0.717, 1.165) is 0 Å². The number of para-hydroxylation sites is 1. The number of benzene rings is 3. The number of hydrazine groups is 1. The minimum absolute atomic E-state index is 0.0111. The van der Waals surface area contributed by atoms with Crippen LogP contribution in [0, 0.1) is 5.82 Å². The van der Waals surface area contributed by atoms with Crippen LogP contribution in [0.3, 0.4) is 0 Å². The van der Waals surface area contributed by atoms with Gasteiger partial charge in [-0.05, 0) is 54.1 Å². The molecule has 1 heterocycles. The Morgan fingerprint density at radius 2 is 1.75 bits per heavy atom. The van der Waals surface area contributed by atoms with E-state index in [2.05, 4.69) is 10.7 Å². The highest BCUT2D eigenvalue weighted by Gasteiger charge is 2.34. The van der Waals surface area contributed by atoms with Gasteiger partial charge in [0.1, 0.15) is 17.1 Å². The summed E-state index contributed by atoms with van der Waals surface area (Å²) in [5.41, 5.74) is 4.08. The van der Waals surface area contributed by atoms with Gasteiger partial charge in [-0.2, -0.15) is 0 Å². The molecule has 1 aliphatic heterocycles. The first-order valence-electron chi connectivity index (χ1n) is 9.70. The van der Waals surface area contributed by atoms with Crippen molar-refractivity contribution in [3.8, 4) is 5.75 Å². The molecule has 2 N–H and O–H groups in total. The van der Waals surface area contributed by atoms with Gasteiger partial charge in [-0.3, -0.25) is 19.8 Å². The number of nitrogens with one attached hydrogen (secondary N) is 2. The highest BCUT2D eigenvalue weighted by Crippen LogP contribution is 2.22. The third-order valence-corrected chi connectivity index (χ3v) is 4.58. The molecule has 0 unspecified atom stereocenters. The van der Waals surface area contributed by atoms with Gasteiger partial charge in [-0.15, -0.1) is 0 Å². The van der Waals surface area contributed by atoms with Crippen LogP contribution in [-0.2, 0) is 14.4 Å². The fourth-order valence-corrected chi connectivity index (χ4v) is 3.06. The fraction of sp³-hybridized carbons (Fsp3) is 0.0417. The number of carbonyl (C=O) groups excluding carboxylic acids is 3. The van der Waals surface area contributed by atoms with Crippen LogP contribution in [0.15, 0.2) is 84.4 Å². The van der Waals surface area contributed by atoms with Gasteiger partial charge in [0.15, 0.2) is 6.61 Å². The van der Waals surface area contributed by atoms with E-state index < -0.39 is 23.5 Å². The van der Waals surface area contributed by atoms with Gasteiger partial charge in [0.2, 0.25) is 0 Å². The van der Waals surface area contributed by atoms with Crippen LogP contribution in [0.25, 0.3) is 6.08 Å². The maximum atomic E-state index is 13.2. The van der Waals surface area contributed by atoms with Crippen molar-refractivity contribution in [1.29, 1.82) is 0 Å². The molecule has 0 saturated carbocycles. The molecule has 4 rings (SSSR count). The van der Waals surface area contributed by atoms with Crippen molar-refractivity contribution in [2.24, 2.45) is 0 Å². The monoisotopic (exact) mass is 431 g/mol. The van der Waals surface area contributed by atoms with E-state index in [1.165, 1.54) is 29.3 Å². The van der Waals surface area contributed by atoms with Crippen molar-refractivity contribution < 1.29 is 23.5 Å². The van der Waals surface area contributed by atoms with Gasteiger partial charge in [0.25, 0.3) is 17.7 Å². The Bertz CT molecular complexity index is 1190. The van der Waals surface area contributed by atoms with Crippen LogP contribution < -0.4 is 20.5 Å². The first-order valence-corrected chi connectivity index (χ1v) is 9.70. The molecule has 3 aromatic carbocycles. The van der Waals surface area contributed by atoms with Crippen molar-refractivity contribution in [1.82, 2.24) is 5.43 Å². The Morgan fingerprint density at radius 1 is 1.00 bits per heavy atom. The van der Waals surface area contributed by atoms with E-state index >= 15 is 0 Å². The Morgan fingerprint density at radius 3 is 2.47 bits per heavy atom.